The summed E-state index contributed by atoms with van der Waals surface area (Å²) in [5.74, 6) is -0.182. The summed E-state index contributed by atoms with van der Waals surface area (Å²) in [7, 11) is 0. The Labute approximate surface area is 96.1 Å². The molecule has 0 bridgehead atoms. The summed E-state index contributed by atoms with van der Waals surface area (Å²) < 4.78 is 0. The molecule has 0 spiro atoms. The van der Waals surface area contributed by atoms with Crippen LogP contribution in [0.5, 0.6) is 0 Å². The molecule has 1 rings (SSSR count). The lowest BCUT2D eigenvalue weighted by molar-refractivity contribution is -0.120. The van der Waals surface area contributed by atoms with Crippen LogP contribution < -0.4 is 5.32 Å². The van der Waals surface area contributed by atoms with Crippen molar-refractivity contribution in [1.29, 1.82) is 5.26 Å². The van der Waals surface area contributed by atoms with Crippen molar-refractivity contribution in [3.63, 3.8) is 0 Å². The third kappa shape index (κ3) is 2.60. The zero-order valence-corrected chi connectivity index (χ0v) is 9.66. The molecule has 1 aromatic carbocycles. The van der Waals surface area contributed by atoms with E-state index in [2.05, 4.69) is 11.4 Å². The Balaban J connectivity index is 3.13. The van der Waals surface area contributed by atoms with Gasteiger partial charge in [0.1, 0.15) is 0 Å². The van der Waals surface area contributed by atoms with Crippen molar-refractivity contribution in [2.45, 2.75) is 32.2 Å². The zero-order valence-electron chi connectivity index (χ0n) is 9.66. The summed E-state index contributed by atoms with van der Waals surface area (Å²) in [6, 6.07) is 11.6. The fourth-order valence-electron chi connectivity index (χ4n) is 1.83. The lowest BCUT2D eigenvalue weighted by Gasteiger charge is -2.27. The molecule has 1 aromatic rings. The van der Waals surface area contributed by atoms with Gasteiger partial charge in [-0.2, -0.15) is 5.26 Å². The smallest absolute Gasteiger partial charge is 0.218 e. The van der Waals surface area contributed by atoms with Crippen LogP contribution in [0, 0.1) is 11.3 Å². The minimum absolute atomic E-state index is 0.182. The van der Waals surface area contributed by atoms with Crippen LogP contribution >= 0.6 is 0 Å². The van der Waals surface area contributed by atoms with Crippen molar-refractivity contribution in [1.82, 2.24) is 5.32 Å². The molecule has 1 amide bonds. The van der Waals surface area contributed by atoms with E-state index < -0.39 is 5.54 Å². The Morgan fingerprint density at radius 2 is 2.06 bits per heavy atom. The van der Waals surface area contributed by atoms with Gasteiger partial charge in [0.15, 0.2) is 5.54 Å². The highest BCUT2D eigenvalue weighted by Gasteiger charge is 2.31. The van der Waals surface area contributed by atoms with Crippen LogP contribution in [0.25, 0.3) is 0 Å². The predicted molar refractivity (Wildman–Crippen MR) is 62.5 cm³/mol. The number of hydrogen-bond acceptors (Lipinski definition) is 2. The van der Waals surface area contributed by atoms with Crippen molar-refractivity contribution < 1.29 is 4.79 Å². The first-order valence-electron chi connectivity index (χ1n) is 5.40. The highest BCUT2D eigenvalue weighted by molar-refractivity contribution is 5.74. The van der Waals surface area contributed by atoms with Crippen molar-refractivity contribution >= 4 is 5.91 Å². The van der Waals surface area contributed by atoms with Gasteiger partial charge in [-0.1, -0.05) is 43.7 Å². The maximum absolute atomic E-state index is 11.2. The summed E-state index contributed by atoms with van der Waals surface area (Å²) >= 11 is 0. The van der Waals surface area contributed by atoms with Gasteiger partial charge in [-0.15, -0.1) is 0 Å². The Morgan fingerprint density at radius 3 is 2.50 bits per heavy atom. The second kappa shape index (κ2) is 5.32. The van der Waals surface area contributed by atoms with Gasteiger partial charge in [0.05, 0.1) is 6.07 Å². The topological polar surface area (TPSA) is 52.9 Å². The van der Waals surface area contributed by atoms with Gasteiger partial charge >= 0.3 is 0 Å². The van der Waals surface area contributed by atoms with E-state index in [1.54, 1.807) is 0 Å². The first kappa shape index (κ1) is 12.3. The molecule has 0 heterocycles. The fourth-order valence-corrected chi connectivity index (χ4v) is 1.83. The number of rotatable bonds is 4. The van der Waals surface area contributed by atoms with E-state index in [-0.39, 0.29) is 5.91 Å². The fraction of sp³-hybridized carbons (Fsp3) is 0.385. The van der Waals surface area contributed by atoms with Gasteiger partial charge in [0.25, 0.3) is 0 Å². The lowest BCUT2D eigenvalue weighted by Crippen LogP contribution is -2.43. The Morgan fingerprint density at radius 1 is 1.44 bits per heavy atom. The summed E-state index contributed by atoms with van der Waals surface area (Å²) in [4.78, 5) is 11.2. The minimum Gasteiger partial charge on any atom is -0.334 e. The number of carbonyl (C=O) groups is 1. The maximum atomic E-state index is 11.2. The number of carbonyl (C=O) groups excluding carboxylic acids is 1. The molecule has 1 atom stereocenters. The average Bonchev–Trinajstić information content (AvgIpc) is 2.29. The SMILES string of the molecule is CCC[C@](C#N)(NC(C)=O)c1ccccc1. The van der Waals surface area contributed by atoms with Crippen LogP contribution in [0.4, 0.5) is 0 Å². The monoisotopic (exact) mass is 216 g/mol. The van der Waals surface area contributed by atoms with Crippen LogP contribution in [0.1, 0.15) is 32.3 Å². The second-order valence-electron chi connectivity index (χ2n) is 3.81. The van der Waals surface area contributed by atoms with E-state index in [1.807, 2.05) is 37.3 Å². The molecule has 3 heteroatoms. The van der Waals surface area contributed by atoms with E-state index in [0.717, 1.165) is 12.0 Å². The summed E-state index contributed by atoms with van der Waals surface area (Å²) in [6.07, 6.45) is 1.45. The van der Waals surface area contributed by atoms with Crippen LogP contribution in [0.2, 0.25) is 0 Å². The molecular formula is C13H16N2O. The first-order valence-corrected chi connectivity index (χ1v) is 5.40. The molecule has 16 heavy (non-hydrogen) atoms. The second-order valence-corrected chi connectivity index (χ2v) is 3.81. The predicted octanol–water partition coefficient (Wildman–Crippen LogP) is 2.34. The lowest BCUT2D eigenvalue weighted by atomic mass is 9.87. The molecule has 1 N–H and O–H groups in total. The molecule has 0 fully saturated rings. The summed E-state index contributed by atoms with van der Waals surface area (Å²) in [6.45, 7) is 3.43. The van der Waals surface area contributed by atoms with Gasteiger partial charge in [-0.3, -0.25) is 4.79 Å². The quantitative estimate of drug-likeness (QED) is 0.839. The van der Waals surface area contributed by atoms with Crippen molar-refractivity contribution in [2.24, 2.45) is 0 Å². The Hall–Kier alpha value is -1.82. The van der Waals surface area contributed by atoms with Crippen molar-refractivity contribution in [2.75, 3.05) is 0 Å². The van der Waals surface area contributed by atoms with E-state index in [9.17, 15) is 10.1 Å². The van der Waals surface area contributed by atoms with E-state index in [1.165, 1.54) is 6.92 Å². The van der Waals surface area contributed by atoms with Crippen LogP contribution in [0.15, 0.2) is 30.3 Å². The molecule has 0 unspecified atom stereocenters. The highest BCUT2D eigenvalue weighted by Crippen LogP contribution is 2.25. The molecule has 0 aliphatic rings. The van der Waals surface area contributed by atoms with Gasteiger partial charge < -0.3 is 5.32 Å². The summed E-state index contributed by atoms with van der Waals surface area (Å²) in [5.41, 5.74) is -0.0449. The number of nitrogens with zero attached hydrogens (tertiary/aromatic N) is 1. The zero-order chi connectivity index (χ0) is 12.0. The van der Waals surface area contributed by atoms with Crippen molar-refractivity contribution in [3.05, 3.63) is 35.9 Å². The molecular weight excluding hydrogens is 200 g/mol. The van der Waals surface area contributed by atoms with Gasteiger partial charge in [0.2, 0.25) is 5.91 Å². The molecule has 0 saturated carbocycles. The molecule has 0 saturated heterocycles. The number of nitriles is 1. The van der Waals surface area contributed by atoms with Gasteiger partial charge in [-0.25, -0.2) is 0 Å². The molecule has 0 radical (unpaired) electrons. The maximum Gasteiger partial charge on any atom is 0.218 e. The standard InChI is InChI=1S/C13H16N2O/c1-3-9-13(10-14,15-11(2)16)12-7-5-4-6-8-12/h4-8H,3,9H2,1-2H3,(H,15,16)/t13-/m1/s1. The molecule has 3 nitrogen and oxygen atoms in total. The Bertz CT molecular complexity index is 394. The highest BCUT2D eigenvalue weighted by atomic mass is 16.1. The molecule has 0 aromatic heterocycles. The van der Waals surface area contributed by atoms with E-state index in [0.29, 0.717) is 6.42 Å². The number of amides is 1. The largest absolute Gasteiger partial charge is 0.334 e. The number of benzene rings is 1. The molecule has 84 valence electrons. The minimum atomic E-state index is -0.887. The number of hydrogen-bond donors (Lipinski definition) is 1. The van der Waals surface area contributed by atoms with Crippen LogP contribution in [-0.2, 0) is 10.3 Å². The van der Waals surface area contributed by atoms with Crippen LogP contribution in [-0.4, -0.2) is 5.91 Å². The molecule has 0 aliphatic carbocycles. The summed E-state index contributed by atoms with van der Waals surface area (Å²) in [5, 5.41) is 12.1. The first-order chi connectivity index (χ1) is 7.64. The number of nitrogens with one attached hydrogen (secondary N) is 1. The average molecular weight is 216 g/mol. The third-order valence-corrected chi connectivity index (χ3v) is 2.47. The van der Waals surface area contributed by atoms with Gasteiger partial charge in [-0.05, 0) is 12.0 Å². The Kier molecular flexibility index (Phi) is 4.07. The van der Waals surface area contributed by atoms with Crippen molar-refractivity contribution in [3.8, 4) is 6.07 Å². The molecule has 0 aliphatic heterocycles. The third-order valence-electron chi connectivity index (χ3n) is 2.47. The van der Waals surface area contributed by atoms with Gasteiger partial charge in [0, 0.05) is 6.92 Å². The van der Waals surface area contributed by atoms with E-state index in [4.69, 9.17) is 0 Å². The normalized spacial score (nSPS) is 13.6. The van der Waals surface area contributed by atoms with Crippen LogP contribution in [0.3, 0.4) is 0 Å². The van der Waals surface area contributed by atoms with E-state index >= 15 is 0 Å².